The van der Waals surface area contributed by atoms with Crippen molar-refractivity contribution in [2.75, 3.05) is 24.4 Å². The molecule has 0 spiro atoms. The number of rotatable bonds is 7. The first kappa shape index (κ1) is 26.0. The quantitative estimate of drug-likeness (QED) is 0.246. The minimum atomic E-state index is -0.498. The number of aromatic nitrogens is 4. The van der Waals surface area contributed by atoms with Gasteiger partial charge in [0.2, 0.25) is 0 Å². The average molecular weight is 545 g/mol. The van der Waals surface area contributed by atoms with Gasteiger partial charge in [0, 0.05) is 29.2 Å². The molecule has 11 heteroatoms. The predicted octanol–water partition coefficient (Wildman–Crippen LogP) is 5.93. The molecule has 0 unspecified atom stereocenters. The number of aryl methyl sites for hydroxylation is 2. The van der Waals surface area contributed by atoms with Gasteiger partial charge in [-0.15, -0.1) is 11.3 Å². The molecule has 0 atom stereocenters. The molecular weight excluding hydrogens is 516 g/mol. The number of carbonyl (C=O) groups excluding carboxylic acids is 2. The van der Waals surface area contributed by atoms with Gasteiger partial charge in [-0.3, -0.25) is 10.00 Å². The van der Waals surface area contributed by atoms with E-state index in [1.54, 1.807) is 37.3 Å². The molecule has 3 aromatic heterocycles. The van der Waals surface area contributed by atoms with Gasteiger partial charge in [0.1, 0.15) is 10.8 Å². The molecule has 2 N–H and O–H groups in total. The van der Waals surface area contributed by atoms with E-state index >= 15 is 0 Å². The summed E-state index contributed by atoms with van der Waals surface area (Å²) in [5.41, 5.74) is 5.16. The van der Waals surface area contributed by atoms with Crippen molar-refractivity contribution in [2.45, 2.75) is 20.8 Å². The van der Waals surface area contributed by atoms with Gasteiger partial charge in [0.15, 0.2) is 0 Å². The van der Waals surface area contributed by atoms with Gasteiger partial charge < -0.3 is 19.4 Å². The van der Waals surface area contributed by atoms with Gasteiger partial charge in [-0.2, -0.15) is 5.10 Å². The molecule has 0 saturated carbocycles. The summed E-state index contributed by atoms with van der Waals surface area (Å²) in [7, 11) is 3.47. The Hall–Kier alpha value is -4.64. The van der Waals surface area contributed by atoms with Crippen LogP contribution in [-0.2, 0) is 11.8 Å². The number of nitrogens with one attached hydrogen (secondary N) is 2. The smallest absolute Gasteiger partial charge is 0.341 e. The first-order valence-electron chi connectivity index (χ1n) is 12.3. The Morgan fingerprint density at radius 3 is 2.64 bits per heavy atom. The van der Waals surface area contributed by atoms with Crippen LogP contribution in [0.25, 0.3) is 27.0 Å². The average Bonchev–Trinajstić information content (AvgIpc) is 3.60. The fraction of sp³-hybridized carbons (Fsp3) is 0.214. The van der Waals surface area contributed by atoms with Crippen LogP contribution in [0.15, 0.2) is 55.1 Å². The summed E-state index contributed by atoms with van der Waals surface area (Å²) < 4.78 is 14.7. The van der Waals surface area contributed by atoms with Gasteiger partial charge in [-0.1, -0.05) is 6.07 Å². The van der Waals surface area contributed by atoms with E-state index in [4.69, 9.17) is 9.47 Å². The van der Waals surface area contributed by atoms with Crippen LogP contribution in [0.4, 0.5) is 15.5 Å². The number of carbonyl (C=O) groups is 2. The van der Waals surface area contributed by atoms with Crippen molar-refractivity contribution in [3.63, 3.8) is 0 Å². The lowest BCUT2D eigenvalue weighted by molar-refractivity contribution is 0.0527. The normalized spacial score (nSPS) is 11.0. The van der Waals surface area contributed by atoms with Crippen LogP contribution in [0.3, 0.4) is 0 Å². The lowest BCUT2D eigenvalue weighted by Gasteiger charge is -2.11. The number of imidazole rings is 1. The molecule has 10 nitrogen and oxygen atoms in total. The number of hydrogen-bond acceptors (Lipinski definition) is 7. The second-order valence-corrected chi connectivity index (χ2v) is 9.93. The Balaban J connectivity index is 1.47. The first-order chi connectivity index (χ1) is 18.8. The van der Waals surface area contributed by atoms with Crippen LogP contribution < -0.4 is 15.4 Å². The molecule has 0 aliphatic rings. The van der Waals surface area contributed by atoms with Crippen LogP contribution in [0.1, 0.15) is 28.5 Å². The van der Waals surface area contributed by atoms with E-state index in [-0.39, 0.29) is 6.61 Å². The number of urea groups is 1. The highest BCUT2D eigenvalue weighted by Crippen LogP contribution is 2.42. The minimum absolute atomic E-state index is 0.215. The largest absolute Gasteiger partial charge is 0.495 e. The topological polar surface area (TPSA) is 112 Å². The van der Waals surface area contributed by atoms with Gasteiger partial charge in [-0.25, -0.2) is 14.6 Å². The second-order valence-electron chi connectivity index (χ2n) is 8.91. The molecule has 3 heterocycles. The maximum atomic E-state index is 13.0. The summed E-state index contributed by atoms with van der Waals surface area (Å²) in [6.45, 7) is 5.73. The van der Waals surface area contributed by atoms with Crippen molar-refractivity contribution >= 4 is 44.9 Å². The number of esters is 1. The van der Waals surface area contributed by atoms with E-state index in [2.05, 4.69) is 20.7 Å². The number of fused-ring (bicyclic) bond motifs is 1. The molecule has 39 heavy (non-hydrogen) atoms. The Bertz CT molecular complexity index is 1700. The Morgan fingerprint density at radius 2 is 1.92 bits per heavy atom. The van der Waals surface area contributed by atoms with Crippen molar-refractivity contribution < 1.29 is 19.1 Å². The fourth-order valence-corrected chi connectivity index (χ4v) is 5.60. The number of ether oxygens (including phenoxy) is 2. The van der Waals surface area contributed by atoms with E-state index in [0.717, 1.165) is 32.7 Å². The van der Waals surface area contributed by atoms with Gasteiger partial charge >= 0.3 is 12.0 Å². The molecule has 200 valence electrons. The van der Waals surface area contributed by atoms with Crippen LogP contribution in [-0.4, -0.2) is 45.0 Å². The maximum Gasteiger partial charge on any atom is 0.341 e. The van der Waals surface area contributed by atoms with E-state index in [1.165, 1.54) is 11.3 Å². The summed E-state index contributed by atoms with van der Waals surface area (Å²) in [5.74, 6) is 0.149. The van der Waals surface area contributed by atoms with Crippen LogP contribution in [0.5, 0.6) is 5.75 Å². The zero-order valence-corrected chi connectivity index (χ0v) is 23.0. The number of benzene rings is 2. The van der Waals surface area contributed by atoms with Crippen molar-refractivity contribution in [3.8, 4) is 21.9 Å². The SMILES string of the molecule is CCOC(=O)c1c(NC(=O)Nc2ccc3c(cnn3C)c2)sc(-c2ccc(-n3cnc(C)c3)c(OC)c2)c1C. The van der Waals surface area contributed by atoms with Gasteiger partial charge in [0.05, 0.1) is 48.7 Å². The number of anilines is 2. The highest BCUT2D eigenvalue weighted by molar-refractivity contribution is 7.20. The Kier molecular flexibility index (Phi) is 7.07. The number of nitrogens with zero attached hydrogens (tertiary/aromatic N) is 4. The number of methoxy groups -OCH3 is 1. The van der Waals surface area contributed by atoms with Gasteiger partial charge in [-0.05, 0) is 62.2 Å². The molecule has 5 aromatic rings. The summed E-state index contributed by atoms with van der Waals surface area (Å²) >= 11 is 1.30. The van der Waals surface area contributed by atoms with Crippen molar-refractivity contribution in [1.29, 1.82) is 0 Å². The lowest BCUT2D eigenvalue weighted by Crippen LogP contribution is -2.20. The Labute approximate surface area is 229 Å². The maximum absolute atomic E-state index is 13.0. The van der Waals surface area contributed by atoms with Crippen LogP contribution in [0.2, 0.25) is 0 Å². The number of hydrogen-bond donors (Lipinski definition) is 2. The first-order valence-corrected chi connectivity index (χ1v) is 13.1. The third-order valence-corrected chi connectivity index (χ3v) is 7.55. The molecule has 5 rings (SSSR count). The third-order valence-electron chi connectivity index (χ3n) is 6.29. The molecule has 0 bridgehead atoms. The zero-order valence-electron chi connectivity index (χ0n) is 22.2. The van der Waals surface area contributed by atoms with E-state index in [9.17, 15) is 9.59 Å². The van der Waals surface area contributed by atoms with E-state index in [1.807, 2.05) is 62.0 Å². The molecule has 0 fully saturated rings. The zero-order chi connectivity index (χ0) is 27.7. The predicted molar refractivity (Wildman–Crippen MR) is 152 cm³/mol. The monoisotopic (exact) mass is 544 g/mol. The highest BCUT2D eigenvalue weighted by Gasteiger charge is 2.25. The Morgan fingerprint density at radius 1 is 1.10 bits per heavy atom. The van der Waals surface area contributed by atoms with E-state index in [0.29, 0.717) is 27.6 Å². The molecule has 0 aliphatic heterocycles. The van der Waals surface area contributed by atoms with Crippen molar-refractivity contribution in [3.05, 3.63) is 71.9 Å². The summed E-state index contributed by atoms with van der Waals surface area (Å²) in [6, 6.07) is 10.9. The van der Waals surface area contributed by atoms with Crippen molar-refractivity contribution in [1.82, 2.24) is 19.3 Å². The molecule has 0 aliphatic carbocycles. The van der Waals surface area contributed by atoms with E-state index < -0.39 is 12.0 Å². The van der Waals surface area contributed by atoms with Gasteiger partial charge in [0.25, 0.3) is 0 Å². The van der Waals surface area contributed by atoms with Crippen LogP contribution >= 0.6 is 11.3 Å². The molecule has 2 amide bonds. The fourth-order valence-electron chi connectivity index (χ4n) is 4.42. The standard InChI is InChI=1S/C28H28N6O4S/c1-6-38-27(35)24-17(3)25(18-7-9-22(23(12-18)37-5)34-14-16(2)29-15-34)39-26(24)32-28(36)31-20-8-10-21-19(11-20)13-30-33(21)4/h7-15H,6H2,1-5H3,(H2,31,32,36). The number of thiophene rings is 1. The molecule has 0 radical (unpaired) electrons. The highest BCUT2D eigenvalue weighted by atomic mass is 32.1. The summed E-state index contributed by atoms with van der Waals surface area (Å²) in [5, 5.41) is 11.2. The minimum Gasteiger partial charge on any atom is -0.495 e. The van der Waals surface area contributed by atoms with Crippen molar-refractivity contribution in [2.24, 2.45) is 7.05 Å². The summed E-state index contributed by atoms with van der Waals surface area (Å²) in [6.07, 6.45) is 5.38. The summed E-state index contributed by atoms with van der Waals surface area (Å²) in [4.78, 5) is 31.1. The molecule has 0 saturated heterocycles. The lowest BCUT2D eigenvalue weighted by atomic mass is 10.1. The van der Waals surface area contributed by atoms with Crippen LogP contribution in [0, 0.1) is 13.8 Å². The number of amides is 2. The molecular formula is C28H28N6O4S. The molecule has 2 aromatic carbocycles. The second kappa shape index (κ2) is 10.6. The third kappa shape index (κ3) is 5.08.